The minimum Gasteiger partial charge on any atom is -0.466 e. The number of benzene rings is 1. The maximum atomic E-state index is 11.3. The van der Waals surface area contributed by atoms with E-state index in [1.807, 2.05) is 0 Å². The van der Waals surface area contributed by atoms with Crippen LogP contribution in [0, 0.1) is 22.5 Å². The second-order valence-electron chi connectivity index (χ2n) is 3.91. The highest BCUT2D eigenvalue weighted by Gasteiger charge is 2.21. The molecule has 0 bridgehead atoms. The van der Waals surface area contributed by atoms with Crippen LogP contribution in [-0.2, 0) is 13.8 Å². The van der Waals surface area contributed by atoms with Crippen molar-refractivity contribution in [1.82, 2.24) is 5.23 Å². The number of hydroxylamine groups is 2. The molecule has 0 saturated heterocycles. The second kappa shape index (κ2) is 9.01. The van der Waals surface area contributed by atoms with Gasteiger partial charge in [0.1, 0.15) is 6.04 Å². The van der Waals surface area contributed by atoms with Crippen LogP contribution in [0.1, 0.15) is 13.3 Å². The summed E-state index contributed by atoms with van der Waals surface area (Å²) in [5.74, 6) is 1.61. The zero-order valence-electron chi connectivity index (χ0n) is 11.7. The summed E-state index contributed by atoms with van der Waals surface area (Å²) in [5, 5.41) is 20.7. The number of nitro benzene ring substituents is 1. The summed E-state index contributed by atoms with van der Waals surface area (Å²) in [6.07, 6.45) is 4.96. The van der Waals surface area contributed by atoms with Gasteiger partial charge in [-0.15, -0.1) is 6.42 Å². The van der Waals surface area contributed by atoms with Crippen LogP contribution in [0.4, 0.5) is 5.69 Å². The third-order valence-corrected chi connectivity index (χ3v) is 3.04. The van der Waals surface area contributed by atoms with Crippen molar-refractivity contribution < 1.29 is 23.9 Å². The molecule has 0 radical (unpaired) electrons. The highest BCUT2D eigenvalue weighted by atomic mass is 32.2. The molecule has 9 heteroatoms. The Bertz CT molecular complexity index is 574. The molecule has 0 aliphatic heterocycles. The van der Waals surface area contributed by atoms with Crippen molar-refractivity contribution in [2.24, 2.45) is 0 Å². The van der Waals surface area contributed by atoms with E-state index in [-0.39, 0.29) is 18.7 Å². The van der Waals surface area contributed by atoms with Crippen LogP contribution in [0.3, 0.4) is 0 Å². The Morgan fingerprint density at radius 2 is 2.36 bits per heavy atom. The molecule has 22 heavy (non-hydrogen) atoms. The molecule has 0 aromatic heterocycles. The molecule has 1 atom stereocenters. The fourth-order valence-electron chi connectivity index (χ4n) is 1.36. The van der Waals surface area contributed by atoms with E-state index in [0.29, 0.717) is 22.2 Å². The number of carbonyl (C=O) groups is 1. The van der Waals surface area contributed by atoms with Crippen molar-refractivity contribution in [3.8, 4) is 12.3 Å². The lowest BCUT2D eigenvalue weighted by Gasteiger charge is -2.18. The molecule has 0 saturated carbocycles. The number of hydrogen-bond acceptors (Lipinski definition) is 8. The number of ether oxygens (including phenoxy) is 1. The lowest BCUT2D eigenvalue weighted by Crippen LogP contribution is -2.32. The molecule has 1 unspecified atom stereocenters. The van der Waals surface area contributed by atoms with Crippen molar-refractivity contribution in [1.29, 1.82) is 0 Å². The molecule has 0 aliphatic rings. The van der Waals surface area contributed by atoms with Gasteiger partial charge in [-0.3, -0.25) is 20.1 Å². The zero-order valence-corrected chi connectivity index (χ0v) is 12.5. The van der Waals surface area contributed by atoms with E-state index in [1.165, 1.54) is 18.2 Å². The second-order valence-corrected chi connectivity index (χ2v) is 4.69. The summed E-state index contributed by atoms with van der Waals surface area (Å²) in [5.41, 5.74) is -0.113. The van der Waals surface area contributed by atoms with Crippen LogP contribution < -0.4 is 0 Å². The van der Waals surface area contributed by atoms with Gasteiger partial charge >= 0.3 is 5.97 Å². The highest BCUT2D eigenvalue weighted by Crippen LogP contribution is 2.25. The third-order valence-electron chi connectivity index (χ3n) is 2.36. The zero-order chi connectivity index (χ0) is 16.5. The average molecular weight is 326 g/mol. The molecule has 1 N–H and O–H groups in total. The maximum absolute atomic E-state index is 11.3. The molecule has 0 fully saturated rings. The number of terminal acetylenes is 1. The van der Waals surface area contributed by atoms with Crippen LogP contribution in [0.15, 0.2) is 29.2 Å². The lowest BCUT2D eigenvalue weighted by molar-refractivity contribution is -0.385. The Morgan fingerprint density at radius 3 is 2.95 bits per heavy atom. The fourth-order valence-corrected chi connectivity index (χ4v) is 1.93. The molecule has 118 valence electrons. The maximum Gasteiger partial charge on any atom is 0.308 e. The van der Waals surface area contributed by atoms with Crippen LogP contribution in [0.2, 0.25) is 0 Å². The average Bonchev–Trinajstić information content (AvgIpc) is 2.50. The molecular formula is C13H14N2O6S. The predicted octanol–water partition coefficient (Wildman–Crippen LogP) is 2.18. The number of rotatable bonds is 8. The Hall–Kier alpha value is -2.12. The van der Waals surface area contributed by atoms with E-state index in [9.17, 15) is 20.1 Å². The van der Waals surface area contributed by atoms with Crippen LogP contribution >= 0.6 is 12.0 Å². The minimum absolute atomic E-state index is 0.113. The molecule has 1 aromatic carbocycles. The first-order chi connectivity index (χ1) is 10.5. The normalized spacial score (nSPS) is 11.7. The Morgan fingerprint density at radius 1 is 1.64 bits per heavy atom. The number of esters is 1. The number of nitro groups is 1. The van der Waals surface area contributed by atoms with Crippen molar-refractivity contribution in [3.05, 3.63) is 34.4 Å². The van der Waals surface area contributed by atoms with Crippen LogP contribution in [0.5, 0.6) is 0 Å². The van der Waals surface area contributed by atoms with Gasteiger partial charge in [-0.2, -0.15) is 4.28 Å². The summed E-state index contributed by atoms with van der Waals surface area (Å²) >= 11 is 0.668. The van der Waals surface area contributed by atoms with E-state index >= 15 is 0 Å². The number of hydrogen-bond donors (Lipinski definition) is 1. The highest BCUT2D eigenvalue weighted by molar-refractivity contribution is 7.94. The largest absolute Gasteiger partial charge is 0.466 e. The van der Waals surface area contributed by atoms with Gasteiger partial charge in [-0.25, -0.2) is 0 Å². The lowest BCUT2D eigenvalue weighted by atomic mass is 10.2. The number of carbonyl (C=O) groups excluding carboxylic acids is 1. The summed E-state index contributed by atoms with van der Waals surface area (Å²) in [7, 11) is 0. The predicted molar refractivity (Wildman–Crippen MR) is 77.5 cm³/mol. The van der Waals surface area contributed by atoms with E-state index in [4.69, 9.17) is 15.4 Å². The molecule has 8 nitrogen and oxygen atoms in total. The Kier molecular flexibility index (Phi) is 7.34. The number of non-ortho nitro benzene ring substituents is 1. The smallest absolute Gasteiger partial charge is 0.308 e. The summed E-state index contributed by atoms with van der Waals surface area (Å²) < 4.78 is 9.65. The summed E-state index contributed by atoms with van der Waals surface area (Å²) in [4.78, 5) is 21.8. The first-order valence-electron chi connectivity index (χ1n) is 6.16. The monoisotopic (exact) mass is 326 g/mol. The van der Waals surface area contributed by atoms with Gasteiger partial charge in [0, 0.05) is 17.0 Å². The van der Waals surface area contributed by atoms with Gasteiger partial charge < -0.3 is 4.74 Å². The van der Waals surface area contributed by atoms with Gasteiger partial charge in [-0.05, 0) is 18.2 Å². The van der Waals surface area contributed by atoms with E-state index in [1.54, 1.807) is 13.0 Å². The van der Waals surface area contributed by atoms with Crippen LogP contribution in [-0.4, -0.2) is 34.0 Å². The van der Waals surface area contributed by atoms with E-state index < -0.39 is 16.9 Å². The third kappa shape index (κ3) is 5.71. The molecular weight excluding hydrogens is 312 g/mol. The quantitative estimate of drug-likeness (QED) is 0.255. The van der Waals surface area contributed by atoms with E-state index in [2.05, 4.69) is 5.92 Å². The van der Waals surface area contributed by atoms with Gasteiger partial charge in [-0.1, -0.05) is 12.0 Å². The van der Waals surface area contributed by atoms with E-state index in [0.717, 1.165) is 0 Å². The molecule has 0 aliphatic carbocycles. The minimum atomic E-state index is -1.04. The first-order valence-corrected chi connectivity index (χ1v) is 6.91. The molecule has 0 spiro atoms. The Balaban J connectivity index is 2.58. The first kappa shape index (κ1) is 17.9. The van der Waals surface area contributed by atoms with Gasteiger partial charge in [0.25, 0.3) is 5.69 Å². The van der Waals surface area contributed by atoms with Crippen molar-refractivity contribution >= 4 is 23.7 Å². The fraction of sp³-hybridized carbons (Fsp3) is 0.308. The summed E-state index contributed by atoms with van der Waals surface area (Å²) in [6.45, 7) is 1.85. The molecule has 1 aromatic rings. The molecule has 0 heterocycles. The molecule has 1 rings (SSSR count). The van der Waals surface area contributed by atoms with Gasteiger partial charge in [0.05, 0.1) is 30.0 Å². The standard InChI is InChI=1S/C13H14N2O6S/c1-3-10(9-13(16)20-4-2)15(19)21-22-12-7-5-6-11(8-12)14(17)18/h1,5-8,10,19H,4,9H2,2H3. The van der Waals surface area contributed by atoms with Gasteiger partial charge in [0.15, 0.2) is 0 Å². The summed E-state index contributed by atoms with van der Waals surface area (Å²) in [6, 6.07) is 4.59. The van der Waals surface area contributed by atoms with Crippen molar-refractivity contribution in [2.75, 3.05) is 6.61 Å². The van der Waals surface area contributed by atoms with Crippen molar-refractivity contribution in [3.63, 3.8) is 0 Å². The van der Waals surface area contributed by atoms with Crippen molar-refractivity contribution in [2.45, 2.75) is 24.3 Å². The van der Waals surface area contributed by atoms with Crippen LogP contribution in [0.25, 0.3) is 0 Å². The molecule has 0 amide bonds. The number of nitrogens with zero attached hydrogens (tertiary/aromatic N) is 2. The van der Waals surface area contributed by atoms with Gasteiger partial charge in [0.2, 0.25) is 0 Å². The SMILES string of the molecule is C#CC(CC(=O)OCC)N(O)OSc1cccc([N+](=O)[O-])c1. The topological polar surface area (TPSA) is 102 Å². The Labute approximate surface area is 131 Å².